The first-order valence-electron chi connectivity index (χ1n) is 6.55. The van der Waals surface area contributed by atoms with Crippen molar-refractivity contribution in [2.24, 2.45) is 0 Å². The van der Waals surface area contributed by atoms with Crippen LogP contribution in [0.2, 0.25) is 5.02 Å². The Hall–Kier alpha value is -1.65. The van der Waals surface area contributed by atoms with Crippen molar-refractivity contribution >= 4 is 11.6 Å². The predicted octanol–water partition coefficient (Wildman–Crippen LogP) is 4.48. The highest BCUT2D eigenvalue weighted by atomic mass is 35.5. The van der Waals surface area contributed by atoms with Gasteiger partial charge in [-0.2, -0.15) is 0 Å². The zero-order valence-electron chi connectivity index (χ0n) is 11.8. The summed E-state index contributed by atoms with van der Waals surface area (Å²) in [6.07, 6.45) is 0. The Morgan fingerprint density at radius 2 is 1.95 bits per heavy atom. The molecule has 0 heterocycles. The van der Waals surface area contributed by atoms with E-state index in [9.17, 15) is 8.78 Å². The van der Waals surface area contributed by atoms with Gasteiger partial charge in [0.05, 0.1) is 5.02 Å². The topological polar surface area (TPSA) is 21.3 Å². The Balaban J connectivity index is 2.14. The zero-order valence-corrected chi connectivity index (χ0v) is 12.5. The summed E-state index contributed by atoms with van der Waals surface area (Å²) in [6.45, 7) is 1.80. The Morgan fingerprint density at radius 3 is 2.57 bits per heavy atom. The van der Waals surface area contributed by atoms with Crippen LogP contribution in [0.5, 0.6) is 5.75 Å². The maximum absolute atomic E-state index is 14.0. The van der Waals surface area contributed by atoms with Crippen molar-refractivity contribution < 1.29 is 13.5 Å². The Morgan fingerprint density at radius 1 is 1.19 bits per heavy atom. The molecule has 0 radical (unpaired) electrons. The number of hydrogen-bond donors (Lipinski definition) is 1. The number of nitrogens with one attached hydrogen (secondary N) is 1. The molecule has 0 aliphatic heterocycles. The summed E-state index contributed by atoms with van der Waals surface area (Å²) in [5, 5.41) is 3.29. The van der Waals surface area contributed by atoms with Crippen molar-refractivity contribution in [3.8, 4) is 5.75 Å². The lowest BCUT2D eigenvalue weighted by molar-refractivity contribution is 0.284. The average Bonchev–Trinajstić information content (AvgIpc) is 2.47. The Labute approximate surface area is 127 Å². The van der Waals surface area contributed by atoms with Gasteiger partial charge >= 0.3 is 0 Å². The molecule has 112 valence electrons. The SMILES string of the molecule is CNC(C)c1ccc(OCc2c(F)cccc2Cl)c(F)c1. The minimum atomic E-state index is -0.484. The first-order chi connectivity index (χ1) is 10.0. The van der Waals surface area contributed by atoms with E-state index in [1.165, 1.54) is 24.3 Å². The summed E-state index contributed by atoms with van der Waals surface area (Å²) in [5.74, 6) is -0.883. The fourth-order valence-electron chi connectivity index (χ4n) is 1.89. The fraction of sp³-hybridized carbons (Fsp3) is 0.250. The van der Waals surface area contributed by atoms with E-state index >= 15 is 0 Å². The Kier molecular flexibility index (Phi) is 5.15. The lowest BCUT2D eigenvalue weighted by atomic mass is 10.1. The van der Waals surface area contributed by atoms with Crippen molar-refractivity contribution in [2.75, 3.05) is 7.05 Å². The number of ether oxygens (including phenoxy) is 1. The molecule has 0 bridgehead atoms. The lowest BCUT2D eigenvalue weighted by Gasteiger charge is -2.13. The molecule has 0 spiro atoms. The number of benzene rings is 2. The lowest BCUT2D eigenvalue weighted by Crippen LogP contribution is -2.12. The maximum atomic E-state index is 14.0. The van der Waals surface area contributed by atoms with Crippen LogP contribution in [-0.4, -0.2) is 7.05 Å². The van der Waals surface area contributed by atoms with Crippen LogP contribution in [0.4, 0.5) is 8.78 Å². The normalized spacial score (nSPS) is 12.2. The standard InChI is InChI=1S/C16H16ClF2NO/c1-10(20-2)11-6-7-16(15(19)8-11)21-9-12-13(17)4-3-5-14(12)18/h3-8,10,20H,9H2,1-2H3. The molecule has 0 amide bonds. The number of hydrogen-bond acceptors (Lipinski definition) is 2. The molecule has 1 atom stereocenters. The summed E-state index contributed by atoms with van der Waals surface area (Å²) in [4.78, 5) is 0. The van der Waals surface area contributed by atoms with Crippen LogP contribution >= 0.6 is 11.6 Å². The highest BCUT2D eigenvalue weighted by Gasteiger charge is 2.11. The van der Waals surface area contributed by atoms with Gasteiger partial charge < -0.3 is 10.1 Å². The smallest absolute Gasteiger partial charge is 0.165 e. The van der Waals surface area contributed by atoms with E-state index in [1.807, 2.05) is 6.92 Å². The quantitative estimate of drug-likeness (QED) is 0.879. The third kappa shape index (κ3) is 3.71. The van der Waals surface area contributed by atoms with Crippen LogP contribution < -0.4 is 10.1 Å². The first-order valence-corrected chi connectivity index (χ1v) is 6.93. The molecular formula is C16H16ClF2NO. The van der Waals surface area contributed by atoms with Crippen LogP contribution in [0.3, 0.4) is 0 Å². The summed E-state index contributed by atoms with van der Waals surface area (Å²) in [6, 6.07) is 9.11. The van der Waals surface area contributed by atoms with Gasteiger partial charge in [0, 0.05) is 11.6 Å². The van der Waals surface area contributed by atoms with Gasteiger partial charge in [0.15, 0.2) is 11.6 Å². The summed E-state index contributed by atoms with van der Waals surface area (Å²) in [5.41, 5.74) is 1.03. The average molecular weight is 312 g/mol. The molecule has 0 saturated heterocycles. The van der Waals surface area contributed by atoms with Crippen molar-refractivity contribution in [3.05, 3.63) is 64.2 Å². The highest BCUT2D eigenvalue weighted by molar-refractivity contribution is 6.31. The minimum absolute atomic E-state index is 0.0366. The van der Waals surface area contributed by atoms with Crippen LogP contribution in [0.25, 0.3) is 0 Å². The van der Waals surface area contributed by atoms with E-state index in [-0.39, 0.29) is 29.0 Å². The molecule has 0 aromatic heterocycles. The van der Waals surface area contributed by atoms with Gasteiger partial charge in [-0.15, -0.1) is 0 Å². The van der Waals surface area contributed by atoms with Crippen LogP contribution in [0.1, 0.15) is 24.1 Å². The van der Waals surface area contributed by atoms with Crippen LogP contribution in [-0.2, 0) is 6.61 Å². The maximum Gasteiger partial charge on any atom is 0.165 e. The van der Waals surface area contributed by atoms with E-state index < -0.39 is 11.6 Å². The van der Waals surface area contributed by atoms with Gasteiger partial charge in [-0.05, 0) is 43.8 Å². The third-order valence-corrected chi connectivity index (χ3v) is 3.68. The largest absolute Gasteiger partial charge is 0.486 e. The minimum Gasteiger partial charge on any atom is -0.486 e. The van der Waals surface area contributed by atoms with Gasteiger partial charge in [-0.25, -0.2) is 8.78 Å². The van der Waals surface area contributed by atoms with Gasteiger partial charge in [0.2, 0.25) is 0 Å². The van der Waals surface area contributed by atoms with Gasteiger partial charge in [0.25, 0.3) is 0 Å². The van der Waals surface area contributed by atoms with E-state index in [2.05, 4.69) is 5.32 Å². The van der Waals surface area contributed by atoms with Crippen LogP contribution in [0.15, 0.2) is 36.4 Å². The van der Waals surface area contributed by atoms with Crippen molar-refractivity contribution in [2.45, 2.75) is 19.6 Å². The molecule has 2 rings (SSSR count). The second-order valence-electron chi connectivity index (χ2n) is 4.69. The Bertz CT molecular complexity index is 613. The monoisotopic (exact) mass is 311 g/mol. The van der Waals surface area contributed by atoms with Crippen molar-refractivity contribution in [1.82, 2.24) is 5.32 Å². The molecule has 21 heavy (non-hydrogen) atoms. The molecule has 2 aromatic rings. The molecule has 1 N–H and O–H groups in total. The summed E-state index contributed by atoms with van der Waals surface area (Å²) in [7, 11) is 1.80. The first kappa shape index (κ1) is 15.7. The molecule has 0 aliphatic rings. The fourth-order valence-corrected chi connectivity index (χ4v) is 2.11. The third-order valence-electron chi connectivity index (χ3n) is 3.32. The van der Waals surface area contributed by atoms with Crippen molar-refractivity contribution in [3.63, 3.8) is 0 Å². The molecule has 2 aromatic carbocycles. The molecule has 0 aliphatic carbocycles. The summed E-state index contributed by atoms with van der Waals surface area (Å²) >= 11 is 5.90. The number of rotatable bonds is 5. The highest BCUT2D eigenvalue weighted by Crippen LogP contribution is 2.25. The summed E-state index contributed by atoms with van der Waals surface area (Å²) < 4.78 is 32.9. The molecule has 2 nitrogen and oxygen atoms in total. The van der Waals surface area contributed by atoms with Crippen molar-refractivity contribution in [1.29, 1.82) is 0 Å². The molecular weight excluding hydrogens is 296 g/mol. The van der Waals surface area contributed by atoms with E-state index in [4.69, 9.17) is 16.3 Å². The van der Waals surface area contributed by atoms with Gasteiger partial charge in [-0.3, -0.25) is 0 Å². The zero-order chi connectivity index (χ0) is 15.4. The van der Waals surface area contributed by atoms with Crippen LogP contribution in [0, 0.1) is 11.6 Å². The molecule has 0 saturated carbocycles. The predicted molar refractivity (Wildman–Crippen MR) is 79.6 cm³/mol. The van der Waals surface area contributed by atoms with E-state index in [0.29, 0.717) is 0 Å². The van der Waals surface area contributed by atoms with Gasteiger partial charge in [0.1, 0.15) is 12.4 Å². The molecule has 1 unspecified atom stereocenters. The second-order valence-corrected chi connectivity index (χ2v) is 5.10. The molecule has 0 fully saturated rings. The van der Waals surface area contributed by atoms with E-state index in [1.54, 1.807) is 19.2 Å². The second kappa shape index (κ2) is 6.87. The number of halogens is 3. The van der Waals surface area contributed by atoms with Gasteiger partial charge in [-0.1, -0.05) is 23.7 Å². The van der Waals surface area contributed by atoms with E-state index in [0.717, 1.165) is 5.56 Å². The molecule has 5 heteroatoms.